The number of benzene rings is 1. The molecule has 0 saturated carbocycles. The third-order valence-corrected chi connectivity index (χ3v) is 3.56. The number of fused-ring (bicyclic) bond motifs is 1. The van der Waals surface area contributed by atoms with E-state index in [9.17, 15) is 4.79 Å². The second-order valence-electron chi connectivity index (χ2n) is 4.67. The van der Waals surface area contributed by atoms with Crippen LogP contribution < -0.4 is 10.9 Å². The standard InChI is InChI=1S/C14H16N2O.C2H6/c17-14-12(10-5-7-15-8-6-10)9-11-3-1-2-4-13(11)16-14;1-2/h1-4,9-10,15H,5-8H2,(H,16,17);1-2H3. The summed E-state index contributed by atoms with van der Waals surface area (Å²) in [7, 11) is 0. The van der Waals surface area contributed by atoms with Gasteiger partial charge in [-0.15, -0.1) is 0 Å². The summed E-state index contributed by atoms with van der Waals surface area (Å²) in [6.45, 7) is 6.02. The molecule has 1 aromatic carbocycles. The van der Waals surface area contributed by atoms with Crippen molar-refractivity contribution in [2.24, 2.45) is 0 Å². The third kappa shape index (κ3) is 3.04. The van der Waals surface area contributed by atoms with Gasteiger partial charge in [0.25, 0.3) is 5.56 Å². The summed E-state index contributed by atoms with van der Waals surface area (Å²) in [5, 5.41) is 4.45. The Kier molecular flexibility index (Phi) is 4.74. The first-order chi connectivity index (χ1) is 9.34. The van der Waals surface area contributed by atoms with Crippen molar-refractivity contribution in [2.75, 3.05) is 13.1 Å². The predicted octanol–water partition coefficient (Wildman–Crippen LogP) is 3.02. The molecule has 19 heavy (non-hydrogen) atoms. The highest BCUT2D eigenvalue weighted by Crippen LogP contribution is 2.24. The zero-order valence-corrected chi connectivity index (χ0v) is 11.7. The molecule has 0 atom stereocenters. The van der Waals surface area contributed by atoms with Crippen LogP contribution in [0, 0.1) is 0 Å². The summed E-state index contributed by atoms with van der Waals surface area (Å²) in [5.74, 6) is 0.407. The van der Waals surface area contributed by atoms with Gasteiger partial charge in [0.2, 0.25) is 0 Å². The van der Waals surface area contributed by atoms with Gasteiger partial charge >= 0.3 is 0 Å². The molecule has 0 unspecified atom stereocenters. The normalized spacial score (nSPS) is 15.9. The minimum atomic E-state index is 0.0793. The minimum Gasteiger partial charge on any atom is -0.322 e. The lowest BCUT2D eigenvalue weighted by atomic mass is 9.90. The number of aromatic nitrogens is 1. The van der Waals surface area contributed by atoms with Crippen LogP contribution in [0.15, 0.2) is 35.1 Å². The molecule has 1 saturated heterocycles. The van der Waals surface area contributed by atoms with Crippen LogP contribution in [0.2, 0.25) is 0 Å². The molecule has 2 N–H and O–H groups in total. The molecule has 3 heteroatoms. The molecular formula is C16H22N2O. The van der Waals surface area contributed by atoms with Crippen LogP contribution in [-0.2, 0) is 0 Å². The topological polar surface area (TPSA) is 44.9 Å². The second kappa shape index (κ2) is 6.53. The molecule has 1 aliphatic rings. The highest BCUT2D eigenvalue weighted by atomic mass is 16.1. The van der Waals surface area contributed by atoms with E-state index in [1.807, 2.05) is 32.0 Å². The second-order valence-corrected chi connectivity index (χ2v) is 4.67. The largest absolute Gasteiger partial charge is 0.322 e. The Morgan fingerprint density at radius 2 is 1.79 bits per heavy atom. The summed E-state index contributed by atoms with van der Waals surface area (Å²) in [5.41, 5.74) is 1.95. The van der Waals surface area contributed by atoms with Gasteiger partial charge in [0.1, 0.15) is 0 Å². The Labute approximate surface area is 114 Å². The maximum absolute atomic E-state index is 12.1. The van der Waals surface area contributed by atoms with Gasteiger partial charge in [0.05, 0.1) is 0 Å². The van der Waals surface area contributed by atoms with E-state index in [0.29, 0.717) is 5.92 Å². The number of aromatic amines is 1. The van der Waals surface area contributed by atoms with E-state index in [0.717, 1.165) is 42.4 Å². The van der Waals surface area contributed by atoms with Gasteiger partial charge in [0, 0.05) is 11.1 Å². The Morgan fingerprint density at radius 3 is 2.53 bits per heavy atom. The van der Waals surface area contributed by atoms with Crippen LogP contribution >= 0.6 is 0 Å². The molecule has 3 rings (SSSR count). The maximum Gasteiger partial charge on any atom is 0.251 e. The van der Waals surface area contributed by atoms with Crippen LogP contribution in [0.1, 0.15) is 38.2 Å². The molecule has 102 valence electrons. The van der Waals surface area contributed by atoms with Crippen LogP contribution in [0.4, 0.5) is 0 Å². The lowest BCUT2D eigenvalue weighted by Gasteiger charge is -2.22. The van der Waals surface area contributed by atoms with Crippen LogP contribution in [0.3, 0.4) is 0 Å². The van der Waals surface area contributed by atoms with Gasteiger partial charge < -0.3 is 10.3 Å². The Hall–Kier alpha value is -1.61. The van der Waals surface area contributed by atoms with Crippen molar-refractivity contribution in [1.29, 1.82) is 0 Å². The van der Waals surface area contributed by atoms with Gasteiger partial charge in [-0.3, -0.25) is 4.79 Å². The number of hydrogen-bond acceptors (Lipinski definition) is 2. The summed E-state index contributed by atoms with van der Waals surface area (Å²) in [6, 6.07) is 10.0. The molecule has 0 radical (unpaired) electrons. The molecule has 3 nitrogen and oxygen atoms in total. The Bertz CT molecular complexity index is 583. The molecule has 0 amide bonds. The molecule has 2 heterocycles. The average molecular weight is 258 g/mol. The number of piperidine rings is 1. The molecule has 1 fully saturated rings. The maximum atomic E-state index is 12.1. The van der Waals surface area contributed by atoms with E-state index in [1.54, 1.807) is 0 Å². The monoisotopic (exact) mass is 258 g/mol. The van der Waals surface area contributed by atoms with E-state index in [4.69, 9.17) is 0 Å². The number of nitrogens with one attached hydrogen (secondary N) is 2. The lowest BCUT2D eigenvalue weighted by Crippen LogP contribution is -2.29. The van der Waals surface area contributed by atoms with E-state index >= 15 is 0 Å². The zero-order chi connectivity index (χ0) is 13.7. The van der Waals surface area contributed by atoms with Crippen molar-refractivity contribution in [3.63, 3.8) is 0 Å². The van der Waals surface area contributed by atoms with Crippen molar-refractivity contribution < 1.29 is 0 Å². The number of para-hydroxylation sites is 1. The molecule has 1 aliphatic heterocycles. The minimum absolute atomic E-state index is 0.0793. The Balaban J connectivity index is 0.000000637. The van der Waals surface area contributed by atoms with E-state index in [1.165, 1.54) is 0 Å². The van der Waals surface area contributed by atoms with Crippen molar-refractivity contribution in [2.45, 2.75) is 32.6 Å². The fraction of sp³-hybridized carbons (Fsp3) is 0.438. The van der Waals surface area contributed by atoms with E-state index in [2.05, 4.69) is 22.4 Å². The van der Waals surface area contributed by atoms with Crippen LogP contribution in [0.25, 0.3) is 10.9 Å². The highest BCUT2D eigenvalue weighted by molar-refractivity contribution is 5.78. The summed E-state index contributed by atoms with van der Waals surface area (Å²) in [4.78, 5) is 15.0. The molecule has 0 bridgehead atoms. The highest BCUT2D eigenvalue weighted by Gasteiger charge is 2.18. The number of H-pyrrole nitrogens is 1. The van der Waals surface area contributed by atoms with Gasteiger partial charge in [-0.05, 0) is 49.4 Å². The predicted molar refractivity (Wildman–Crippen MR) is 80.8 cm³/mol. The quantitative estimate of drug-likeness (QED) is 0.826. The number of rotatable bonds is 1. The van der Waals surface area contributed by atoms with Crippen molar-refractivity contribution in [1.82, 2.24) is 10.3 Å². The van der Waals surface area contributed by atoms with Crippen LogP contribution in [-0.4, -0.2) is 18.1 Å². The molecule has 2 aromatic rings. The fourth-order valence-electron chi connectivity index (χ4n) is 2.60. The lowest BCUT2D eigenvalue weighted by molar-refractivity contribution is 0.458. The first-order valence-electron chi connectivity index (χ1n) is 7.17. The smallest absolute Gasteiger partial charge is 0.251 e. The van der Waals surface area contributed by atoms with E-state index < -0.39 is 0 Å². The molecule has 0 spiro atoms. The fourth-order valence-corrected chi connectivity index (χ4v) is 2.60. The average Bonchev–Trinajstić information content (AvgIpc) is 2.49. The first kappa shape index (κ1) is 13.8. The van der Waals surface area contributed by atoms with Crippen molar-refractivity contribution in [3.05, 3.63) is 46.2 Å². The van der Waals surface area contributed by atoms with Gasteiger partial charge in [-0.1, -0.05) is 32.0 Å². The molecule has 0 aliphatic carbocycles. The van der Waals surface area contributed by atoms with Crippen molar-refractivity contribution in [3.8, 4) is 0 Å². The number of hydrogen-bond donors (Lipinski definition) is 2. The van der Waals surface area contributed by atoms with Gasteiger partial charge in [-0.25, -0.2) is 0 Å². The summed E-state index contributed by atoms with van der Waals surface area (Å²) in [6.07, 6.45) is 2.11. The molecule has 1 aromatic heterocycles. The Morgan fingerprint density at radius 1 is 1.11 bits per heavy atom. The summed E-state index contributed by atoms with van der Waals surface area (Å²) < 4.78 is 0. The van der Waals surface area contributed by atoms with Gasteiger partial charge in [0.15, 0.2) is 0 Å². The van der Waals surface area contributed by atoms with Crippen molar-refractivity contribution >= 4 is 10.9 Å². The number of pyridine rings is 1. The van der Waals surface area contributed by atoms with Crippen LogP contribution in [0.5, 0.6) is 0 Å². The SMILES string of the molecule is CC.O=c1[nH]c2ccccc2cc1C1CCNCC1. The summed E-state index contributed by atoms with van der Waals surface area (Å²) >= 11 is 0. The van der Waals surface area contributed by atoms with Gasteiger partial charge in [-0.2, -0.15) is 0 Å². The molecular weight excluding hydrogens is 236 g/mol. The first-order valence-corrected chi connectivity index (χ1v) is 7.17. The van der Waals surface area contributed by atoms with E-state index in [-0.39, 0.29) is 5.56 Å². The third-order valence-electron chi connectivity index (χ3n) is 3.56. The zero-order valence-electron chi connectivity index (χ0n) is 11.7.